The fraction of sp³-hybridized carbons (Fsp3) is 0.929. The predicted octanol–water partition coefficient (Wildman–Crippen LogP) is 18.9. The van der Waals surface area contributed by atoms with Crippen LogP contribution in [0.3, 0.4) is 0 Å². The Kier molecular flexibility index (Phi) is 57.3. The number of carbonyl (C=O) groups excluding carboxylic acids is 1. The lowest BCUT2D eigenvalue weighted by Gasteiger charge is -2.40. The van der Waals surface area contributed by atoms with E-state index in [1.165, 1.54) is 302 Å². The topological polar surface area (TPSA) is 149 Å². The average molecular weight is 1120 g/mol. The summed E-state index contributed by atoms with van der Waals surface area (Å²) in [7, 11) is 0. The monoisotopic (exact) mass is 1120 g/mol. The summed E-state index contributed by atoms with van der Waals surface area (Å²) < 4.78 is 11.3. The number of nitrogens with one attached hydrogen (secondary N) is 1. The highest BCUT2D eigenvalue weighted by Crippen LogP contribution is 2.23. The summed E-state index contributed by atoms with van der Waals surface area (Å²) in [6.45, 7) is 3.83. The van der Waals surface area contributed by atoms with Crippen LogP contribution in [0.15, 0.2) is 24.3 Å². The molecule has 6 N–H and O–H groups in total. The SMILES string of the molecule is CCCCCCCCCCCCCCCCCC/C=C\CCCCCCCCCCCCCCCCCCCC(=O)NC(COC1OC(CO)C(O)C(O)C1O)C(O)/C=C/CCCCCCCCCCCCCCCCCCC. The third-order valence-corrected chi connectivity index (χ3v) is 17.0. The van der Waals surface area contributed by atoms with Gasteiger partial charge in [-0.05, 0) is 44.9 Å². The van der Waals surface area contributed by atoms with Crippen molar-refractivity contribution in [2.45, 2.75) is 403 Å². The molecule has 1 saturated heterocycles. The molecule has 0 radical (unpaired) electrons. The largest absolute Gasteiger partial charge is 0.394 e. The molecule has 0 aromatic rings. The van der Waals surface area contributed by atoms with Crippen LogP contribution >= 0.6 is 0 Å². The van der Waals surface area contributed by atoms with Gasteiger partial charge in [-0.2, -0.15) is 0 Å². The summed E-state index contributed by atoms with van der Waals surface area (Å²) in [6.07, 6.45) is 71.5. The van der Waals surface area contributed by atoms with Gasteiger partial charge in [0.25, 0.3) is 0 Å². The number of unbranched alkanes of at least 4 members (excludes halogenated alkanes) is 50. The normalized spacial score (nSPS) is 18.6. The molecule has 9 nitrogen and oxygen atoms in total. The molecule has 7 atom stereocenters. The van der Waals surface area contributed by atoms with Crippen LogP contribution in [0.5, 0.6) is 0 Å². The standard InChI is InChI=1S/C70H135NO8/c1-3-5-7-9-11-13-15-17-19-21-23-24-25-26-27-28-29-30-31-32-33-34-35-36-37-38-39-40-42-44-46-48-50-52-54-56-58-60-66(74)71-63(62-78-70-69(77)68(76)67(75)65(61-72)79-70)64(73)59-57-55-53-51-49-47-45-43-41-22-20-18-16-14-12-10-8-6-4-2/h30-31,57,59,63-65,67-70,72-73,75-77H,3-29,32-56,58,60-62H2,1-2H3,(H,71,74)/b31-30-,59-57+. The van der Waals surface area contributed by atoms with Crippen LogP contribution in [0.1, 0.15) is 361 Å². The van der Waals surface area contributed by atoms with Crippen LogP contribution in [0.4, 0.5) is 0 Å². The minimum atomic E-state index is -1.57. The Morgan fingerprint density at radius 2 is 0.709 bits per heavy atom. The van der Waals surface area contributed by atoms with Crippen molar-refractivity contribution in [3.63, 3.8) is 0 Å². The quantitative estimate of drug-likeness (QED) is 0.0261. The third-order valence-electron chi connectivity index (χ3n) is 17.0. The van der Waals surface area contributed by atoms with Crippen molar-refractivity contribution in [1.29, 1.82) is 0 Å². The number of allylic oxidation sites excluding steroid dienone is 3. The Balaban J connectivity index is 2.07. The highest BCUT2D eigenvalue weighted by molar-refractivity contribution is 5.76. The predicted molar refractivity (Wildman–Crippen MR) is 337 cm³/mol. The van der Waals surface area contributed by atoms with E-state index in [1.807, 2.05) is 6.08 Å². The number of hydrogen-bond donors (Lipinski definition) is 6. The molecule has 1 heterocycles. The number of aliphatic hydroxyl groups is 5. The van der Waals surface area contributed by atoms with Gasteiger partial charge < -0.3 is 40.3 Å². The third kappa shape index (κ3) is 48.7. The highest BCUT2D eigenvalue weighted by atomic mass is 16.7. The maximum atomic E-state index is 13.1. The van der Waals surface area contributed by atoms with E-state index < -0.39 is 49.5 Å². The van der Waals surface area contributed by atoms with E-state index >= 15 is 0 Å². The lowest BCUT2D eigenvalue weighted by molar-refractivity contribution is -0.302. The van der Waals surface area contributed by atoms with E-state index in [0.29, 0.717) is 6.42 Å². The number of amides is 1. The number of rotatable bonds is 62. The van der Waals surface area contributed by atoms with Gasteiger partial charge in [0.05, 0.1) is 25.4 Å². The van der Waals surface area contributed by atoms with Gasteiger partial charge in [0, 0.05) is 6.42 Å². The Bertz CT molecular complexity index is 1300. The van der Waals surface area contributed by atoms with Crippen molar-refractivity contribution in [2.24, 2.45) is 0 Å². The Morgan fingerprint density at radius 3 is 1.03 bits per heavy atom. The molecule has 1 aliphatic rings. The van der Waals surface area contributed by atoms with Crippen LogP contribution in [0, 0.1) is 0 Å². The molecule has 9 heteroatoms. The van der Waals surface area contributed by atoms with Crippen LogP contribution in [-0.2, 0) is 14.3 Å². The number of ether oxygens (including phenoxy) is 2. The van der Waals surface area contributed by atoms with Crippen molar-refractivity contribution in [2.75, 3.05) is 13.2 Å². The van der Waals surface area contributed by atoms with E-state index in [4.69, 9.17) is 9.47 Å². The van der Waals surface area contributed by atoms with Crippen molar-refractivity contribution in [1.82, 2.24) is 5.32 Å². The summed E-state index contributed by atoms with van der Waals surface area (Å²) in [5.41, 5.74) is 0. The number of hydrogen-bond acceptors (Lipinski definition) is 8. The first-order valence-electron chi connectivity index (χ1n) is 35.1. The molecule has 7 unspecified atom stereocenters. The van der Waals surface area contributed by atoms with Crippen molar-refractivity contribution < 1.29 is 39.8 Å². The van der Waals surface area contributed by atoms with Gasteiger partial charge in [-0.25, -0.2) is 0 Å². The minimum absolute atomic E-state index is 0.169. The smallest absolute Gasteiger partial charge is 0.220 e. The molecule has 1 fully saturated rings. The van der Waals surface area contributed by atoms with Crippen LogP contribution in [0.2, 0.25) is 0 Å². The van der Waals surface area contributed by atoms with Crippen molar-refractivity contribution in [3.8, 4) is 0 Å². The first kappa shape index (κ1) is 75.7. The van der Waals surface area contributed by atoms with Gasteiger partial charge in [0.15, 0.2) is 6.29 Å². The lowest BCUT2D eigenvalue weighted by atomic mass is 9.99. The number of aliphatic hydroxyl groups excluding tert-OH is 5. The first-order chi connectivity index (χ1) is 38.8. The summed E-state index contributed by atoms with van der Waals surface area (Å²) in [4.78, 5) is 13.1. The molecule has 0 saturated carbocycles. The first-order valence-corrected chi connectivity index (χ1v) is 35.1. The second-order valence-electron chi connectivity index (χ2n) is 24.7. The van der Waals surface area contributed by atoms with E-state index in [9.17, 15) is 30.3 Å². The molecule has 79 heavy (non-hydrogen) atoms. The number of carbonyl (C=O) groups is 1. The maximum absolute atomic E-state index is 13.1. The Morgan fingerprint density at radius 1 is 0.418 bits per heavy atom. The molecule has 1 rings (SSSR count). The molecule has 0 aromatic carbocycles. The summed E-state index contributed by atoms with van der Waals surface area (Å²) in [6, 6.07) is -0.803. The molecule has 1 amide bonds. The minimum Gasteiger partial charge on any atom is -0.394 e. The maximum Gasteiger partial charge on any atom is 0.220 e. The molecule has 1 aliphatic heterocycles. The summed E-state index contributed by atoms with van der Waals surface area (Å²) in [5, 5.41) is 54.7. The Labute approximate surface area is 489 Å². The van der Waals surface area contributed by atoms with Gasteiger partial charge in [0.2, 0.25) is 5.91 Å². The zero-order valence-corrected chi connectivity index (χ0v) is 52.4. The highest BCUT2D eigenvalue weighted by Gasteiger charge is 2.44. The zero-order valence-electron chi connectivity index (χ0n) is 52.4. The van der Waals surface area contributed by atoms with E-state index in [1.54, 1.807) is 6.08 Å². The summed E-state index contributed by atoms with van der Waals surface area (Å²) in [5.74, 6) is -0.169. The second-order valence-corrected chi connectivity index (χ2v) is 24.7. The van der Waals surface area contributed by atoms with E-state index in [-0.39, 0.29) is 12.5 Å². The zero-order chi connectivity index (χ0) is 57.2. The summed E-state index contributed by atoms with van der Waals surface area (Å²) >= 11 is 0. The van der Waals surface area contributed by atoms with Gasteiger partial charge in [-0.15, -0.1) is 0 Å². The van der Waals surface area contributed by atoms with Crippen LogP contribution in [-0.4, -0.2) is 87.5 Å². The van der Waals surface area contributed by atoms with Gasteiger partial charge in [-0.1, -0.05) is 334 Å². The van der Waals surface area contributed by atoms with Gasteiger partial charge in [0.1, 0.15) is 24.4 Å². The molecule has 0 spiro atoms. The Hall–Kier alpha value is -1.33. The fourth-order valence-corrected chi connectivity index (χ4v) is 11.5. The second kappa shape index (κ2) is 59.8. The molecular weight excluding hydrogens is 983 g/mol. The van der Waals surface area contributed by atoms with E-state index in [2.05, 4.69) is 31.3 Å². The fourth-order valence-electron chi connectivity index (χ4n) is 11.5. The van der Waals surface area contributed by atoms with E-state index in [0.717, 1.165) is 38.5 Å². The molecule has 468 valence electrons. The van der Waals surface area contributed by atoms with Crippen LogP contribution < -0.4 is 5.32 Å². The van der Waals surface area contributed by atoms with Crippen molar-refractivity contribution in [3.05, 3.63) is 24.3 Å². The lowest BCUT2D eigenvalue weighted by Crippen LogP contribution is -2.60. The van der Waals surface area contributed by atoms with Gasteiger partial charge >= 0.3 is 0 Å². The molecule has 0 aromatic heterocycles. The molecule has 0 aliphatic carbocycles. The van der Waals surface area contributed by atoms with Crippen LogP contribution in [0.25, 0.3) is 0 Å². The molecule has 0 bridgehead atoms. The molecular formula is C70H135NO8. The van der Waals surface area contributed by atoms with Gasteiger partial charge in [-0.3, -0.25) is 4.79 Å². The van der Waals surface area contributed by atoms with Crippen molar-refractivity contribution >= 4 is 5.91 Å². The average Bonchev–Trinajstić information content (AvgIpc) is 3.46.